The fourth-order valence-electron chi connectivity index (χ4n) is 0.171. The van der Waals surface area contributed by atoms with Crippen LogP contribution < -0.4 is 5.73 Å². The second kappa shape index (κ2) is 4.50. The number of hydrogen-bond acceptors (Lipinski definition) is 2. The van der Waals surface area contributed by atoms with Gasteiger partial charge < -0.3 is 10.8 Å². The molecule has 0 atom stereocenters. The van der Waals surface area contributed by atoms with Crippen LogP contribution in [0.25, 0.3) is 0 Å². The molecular weight excluding hydrogens is 78.0 g/mol. The van der Waals surface area contributed by atoms with E-state index in [0.717, 1.165) is 12.7 Å². The molecule has 2 heteroatoms. The Morgan fingerprint density at radius 3 is 2.50 bits per heavy atom. The van der Waals surface area contributed by atoms with Crippen molar-refractivity contribution in [3.63, 3.8) is 0 Å². The van der Waals surface area contributed by atoms with Gasteiger partial charge in [0.15, 0.2) is 0 Å². The van der Waals surface area contributed by atoms with Gasteiger partial charge in [0, 0.05) is 0 Å². The first-order chi connectivity index (χ1) is 2.91. The highest BCUT2D eigenvalue weighted by Gasteiger charge is 1.65. The van der Waals surface area contributed by atoms with Gasteiger partial charge in [-0.25, -0.2) is 0 Å². The molecule has 0 rings (SSSR count). The molecule has 0 aliphatic rings. The van der Waals surface area contributed by atoms with Crippen LogP contribution >= 0.6 is 0 Å². The van der Waals surface area contributed by atoms with E-state index in [-0.39, 0.29) is 0 Å². The summed E-state index contributed by atoms with van der Waals surface area (Å²) in [6.07, 6.45) is 3.38. The molecule has 6 heavy (non-hydrogen) atoms. The van der Waals surface area contributed by atoms with E-state index in [0.29, 0.717) is 6.54 Å². The summed E-state index contributed by atoms with van der Waals surface area (Å²) < 4.78 is 0. The van der Waals surface area contributed by atoms with Crippen molar-refractivity contribution in [1.29, 1.82) is 0 Å². The predicted molar refractivity (Wildman–Crippen MR) is 25.4 cm³/mol. The molecule has 0 aromatic carbocycles. The predicted octanol–water partition coefficient (Wildman–Crippen LogP) is 0.407. The SMILES string of the molecule is NCC/C=C\O. The summed E-state index contributed by atoms with van der Waals surface area (Å²) in [6.45, 7) is 0.608. The Morgan fingerprint density at radius 1 is 1.67 bits per heavy atom. The Morgan fingerprint density at radius 2 is 2.33 bits per heavy atom. The summed E-state index contributed by atoms with van der Waals surface area (Å²) in [5.41, 5.74) is 5.05. The van der Waals surface area contributed by atoms with Gasteiger partial charge in [-0.2, -0.15) is 0 Å². The van der Waals surface area contributed by atoms with E-state index < -0.39 is 0 Å². The van der Waals surface area contributed by atoms with Gasteiger partial charge in [-0.15, -0.1) is 0 Å². The van der Waals surface area contributed by atoms with Crippen LogP contribution in [0.2, 0.25) is 0 Å². The molecule has 2 nitrogen and oxygen atoms in total. The Labute approximate surface area is 37.3 Å². The minimum absolute atomic E-state index is 0.608. The Bertz CT molecular complexity index is 42.8. The number of aliphatic hydroxyl groups excluding tert-OH is 1. The molecular formula is C4H9NO. The van der Waals surface area contributed by atoms with Crippen molar-refractivity contribution in [2.45, 2.75) is 6.42 Å². The minimum Gasteiger partial charge on any atom is -0.516 e. The first-order valence-corrected chi connectivity index (χ1v) is 1.91. The van der Waals surface area contributed by atoms with Crippen molar-refractivity contribution >= 4 is 0 Å². The Hall–Kier alpha value is -0.500. The van der Waals surface area contributed by atoms with Gasteiger partial charge >= 0.3 is 0 Å². The minimum atomic E-state index is 0.608. The van der Waals surface area contributed by atoms with Gasteiger partial charge in [0.1, 0.15) is 0 Å². The monoisotopic (exact) mass is 87.1 g/mol. The molecule has 0 amide bonds. The van der Waals surface area contributed by atoms with Crippen LogP contribution in [0.5, 0.6) is 0 Å². The van der Waals surface area contributed by atoms with E-state index in [4.69, 9.17) is 10.8 Å². The van der Waals surface area contributed by atoms with Crippen molar-refractivity contribution in [1.82, 2.24) is 0 Å². The average molecular weight is 87.1 g/mol. The van der Waals surface area contributed by atoms with Crippen molar-refractivity contribution in [2.75, 3.05) is 6.54 Å². The second-order valence-electron chi connectivity index (χ2n) is 0.962. The van der Waals surface area contributed by atoms with Crippen LogP contribution in [0, 0.1) is 0 Å². The number of hydrogen-bond donors (Lipinski definition) is 2. The third kappa shape index (κ3) is 3.50. The second-order valence-corrected chi connectivity index (χ2v) is 0.962. The quantitative estimate of drug-likeness (QED) is 0.479. The maximum atomic E-state index is 7.96. The molecule has 0 fully saturated rings. The Balaban J connectivity index is 2.66. The lowest BCUT2D eigenvalue weighted by atomic mass is 10.4. The maximum absolute atomic E-state index is 7.96. The zero-order valence-corrected chi connectivity index (χ0v) is 3.59. The molecule has 0 saturated carbocycles. The summed E-state index contributed by atoms with van der Waals surface area (Å²) >= 11 is 0. The molecule has 0 saturated heterocycles. The average Bonchev–Trinajstić information content (AvgIpc) is 1.61. The van der Waals surface area contributed by atoms with Gasteiger partial charge in [0.05, 0.1) is 6.26 Å². The summed E-state index contributed by atoms with van der Waals surface area (Å²) in [6, 6.07) is 0. The van der Waals surface area contributed by atoms with Crippen molar-refractivity contribution in [3.8, 4) is 0 Å². The maximum Gasteiger partial charge on any atom is 0.0752 e. The summed E-state index contributed by atoms with van der Waals surface area (Å²) in [4.78, 5) is 0. The zero-order chi connectivity index (χ0) is 4.83. The fraction of sp³-hybridized carbons (Fsp3) is 0.500. The van der Waals surface area contributed by atoms with Crippen molar-refractivity contribution < 1.29 is 5.11 Å². The van der Waals surface area contributed by atoms with Crippen molar-refractivity contribution in [2.24, 2.45) is 5.73 Å². The lowest BCUT2D eigenvalue weighted by molar-refractivity contribution is 0.471. The van der Waals surface area contributed by atoms with E-state index >= 15 is 0 Å². The molecule has 0 heterocycles. The van der Waals surface area contributed by atoms with E-state index in [1.54, 1.807) is 6.08 Å². The van der Waals surface area contributed by atoms with Gasteiger partial charge in [-0.1, -0.05) is 0 Å². The number of nitrogens with two attached hydrogens (primary N) is 1. The molecule has 0 aromatic rings. The van der Waals surface area contributed by atoms with Crippen LogP contribution in [0.3, 0.4) is 0 Å². The first-order valence-electron chi connectivity index (χ1n) is 1.91. The van der Waals surface area contributed by atoms with E-state index in [2.05, 4.69) is 0 Å². The highest BCUT2D eigenvalue weighted by atomic mass is 16.2. The smallest absolute Gasteiger partial charge is 0.0752 e. The normalized spacial score (nSPS) is 10.2. The summed E-state index contributed by atoms with van der Waals surface area (Å²) in [5, 5.41) is 7.96. The first kappa shape index (κ1) is 5.50. The molecule has 36 valence electrons. The topological polar surface area (TPSA) is 46.2 Å². The molecule has 0 aromatic heterocycles. The molecule has 0 radical (unpaired) electrons. The van der Waals surface area contributed by atoms with Gasteiger partial charge in [0.25, 0.3) is 0 Å². The zero-order valence-electron chi connectivity index (χ0n) is 3.59. The highest BCUT2D eigenvalue weighted by Crippen LogP contribution is 1.71. The van der Waals surface area contributed by atoms with Crippen LogP contribution in [0.15, 0.2) is 12.3 Å². The number of rotatable bonds is 2. The van der Waals surface area contributed by atoms with Crippen LogP contribution in [-0.4, -0.2) is 11.7 Å². The van der Waals surface area contributed by atoms with Gasteiger partial charge in [-0.3, -0.25) is 0 Å². The van der Waals surface area contributed by atoms with Crippen LogP contribution in [0.4, 0.5) is 0 Å². The largest absolute Gasteiger partial charge is 0.516 e. The van der Waals surface area contributed by atoms with Crippen molar-refractivity contribution in [3.05, 3.63) is 12.3 Å². The van der Waals surface area contributed by atoms with Gasteiger partial charge in [-0.05, 0) is 19.0 Å². The summed E-state index contributed by atoms with van der Waals surface area (Å²) in [5.74, 6) is 0. The molecule has 0 spiro atoms. The van der Waals surface area contributed by atoms with E-state index in [9.17, 15) is 0 Å². The molecule has 3 N–H and O–H groups in total. The standard InChI is InChI=1S/C4H9NO/c5-3-1-2-4-6/h2,4,6H,1,3,5H2/b4-2-. The van der Waals surface area contributed by atoms with E-state index in [1.165, 1.54) is 0 Å². The molecule has 0 aliphatic carbocycles. The van der Waals surface area contributed by atoms with E-state index in [1.807, 2.05) is 0 Å². The van der Waals surface area contributed by atoms with Crippen LogP contribution in [0.1, 0.15) is 6.42 Å². The lowest BCUT2D eigenvalue weighted by Gasteiger charge is -1.77. The Kier molecular flexibility index (Phi) is 4.12. The molecule has 0 unspecified atom stereocenters. The third-order valence-corrected chi connectivity index (χ3v) is 0.439. The fourth-order valence-corrected chi connectivity index (χ4v) is 0.171. The summed E-state index contributed by atoms with van der Waals surface area (Å²) in [7, 11) is 0. The third-order valence-electron chi connectivity index (χ3n) is 0.439. The highest BCUT2D eigenvalue weighted by molar-refractivity contribution is 4.70. The molecule has 0 bridgehead atoms. The van der Waals surface area contributed by atoms with Crippen LogP contribution in [-0.2, 0) is 0 Å². The lowest BCUT2D eigenvalue weighted by Crippen LogP contribution is -1.94. The number of aliphatic hydroxyl groups is 1. The molecule has 0 aliphatic heterocycles. The van der Waals surface area contributed by atoms with Gasteiger partial charge in [0.2, 0.25) is 0 Å².